The van der Waals surface area contributed by atoms with Crippen LogP contribution in [0.1, 0.15) is 46.0 Å². The van der Waals surface area contributed by atoms with E-state index < -0.39 is 0 Å². The second kappa shape index (κ2) is 10.9. The van der Waals surface area contributed by atoms with Gasteiger partial charge in [-0.1, -0.05) is 69.2 Å². The van der Waals surface area contributed by atoms with Gasteiger partial charge < -0.3 is 4.90 Å². The van der Waals surface area contributed by atoms with Gasteiger partial charge in [0, 0.05) is 12.1 Å². The molecule has 0 saturated heterocycles. The minimum atomic E-state index is 0.0584. The summed E-state index contributed by atoms with van der Waals surface area (Å²) in [6.45, 7) is 8.48. The average molecular weight is 392 g/mol. The second-order valence-corrected chi connectivity index (χ2v) is 7.68. The van der Waals surface area contributed by atoms with Crippen LogP contribution in [0.25, 0.3) is 22.3 Å². The quantitative estimate of drug-likeness (QED) is 0.442. The van der Waals surface area contributed by atoms with E-state index in [0.29, 0.717) is 11.9 Å². The second-order valence-electron chi connectivity index (χ2n) is 7.68. The summed E-state index contributed by atoms with van der Waals surface area (Å²) in [5.41, 5.74) is 1.81. The van der Waals surface area contributed by atoms with Gasteiger partial charge in [-0.2, -0.15) is 0 Å². The van der Waals surface area contributed by atoms with E-state index in [1.54, 1.807) is 0 Å². The molecule has 4 nitrogen and oxygen atoms in total. The first kappa shape index (κ1) is 21.3. The Kier molecular flexibility index (Phi) is 8.00. The summed E-state index contributed by atoms with van der Waals surface area (Å²) in [6, 6.07) is 17.7. The van der Waals surface area contributed by atoms with Crippen molar-refractivity contribution in [1.82, 2.24) is 14.5 Å². The van der Waals surface area contributed by atoms with Crippen molar-refractivity contribution in [3.8, 4) is 11.4 Å². The Morgan fingerprint density at radius 1 is 0.828 bits per heavy atom. The predicted octanol–water partition coefficient (Wildman–Crippen LogP) is 5.36. The molecule has 3 rings (SSSR count). The SMILES string of the molecule is CCCCN(CCCC)CCCn1c(-c2ccccc2)nc2ccccc2c1=O. The van der Waals surface area contributed by atoms with E-state index in [2.05, 4.69) is 18.7 Å². The van der Waals surface area contributed by atoms with Crippen molar-refractivity contribution < 1.29 is 0 Å². The highest BCUT2D eigenvalue weighted by Crippen LogP contribution is 2.19. The van der Waals surface area contributed by atoms with Crippen LogP contribution in [-0.2, 0) is 6.54 Å². The summed E-state index contributed by atoms with van der Waals surface area (Å²) >= 11 is 0. The lowest BCUT2D eigenvalue weighted by Gasteiger charge is -2.22. The van der Waals surface area contributed by atoms with Crippen molar-refractivity contribution in [2.45, 2.75) is 52.5 Å². The van der Waals surface area contributed by atoms with Crippen molar-refractivity contribution in [3.05, 3.63) is 65.0 Å². The average Bonchev–Trinajstić information content (AvgIpc) is 2.77. The van der Waals surface area contributed by atoms with Gasteiger partial charge in [0.05, 0.1) is 10.9 Å². The first-order valence-corrected chi connectivity index (χ1v) is 11.0. The monoisotopic (exact) mass is 391 g/mol. The number of hydrogen-bond acceptors (Lipinski definition) is 3. The van der Waals surface area contributed by atoms with Crippen molar-refractivity contribution in [2.24, 2.45) is 0 Å². The van der Waals surface area contributed by atoms with E-state index in [9.17, 15) is 4.79 Å². The highest BCUT2D eigenvalue weighted by Gasteiger charge is 2.13. The van der Waals surface area contributed by atoms with E-state index in [4.69, 9.17) is 4.98 Å². The van der Waals surface area contributed by atoms with Crippen LogP contribution in [0.15, 0.2) is 59.4 Å². The van der Waals surface area contributed by atoms with Gasteiger partial charge in [0.25, 0.3) is 5.56 Å². The highest BCUT2D eigenvalue weighted by molar-refractivity contribution is 5.79. The summed E-state index contributed by atoms with van der Waals surface area (Å²) in [6.07, 6.45) is 5.85. The summed E-state index contributed by atoms with van der Waals surface area (Å²) < 4.78 is 1.87. The molecule has 0 aliphatic rings. The Morgan fingerprint density at radius 3 is 2.14 bits per heavy atom. The molecule has 0 unspecified atom stereocenters. The van der Waals surface area contributed by atoms with Crippen LogP contribution >= 0.6 is 0 Å². The smallest absolute Gasteiger partial charge is 0.261 e. The van der Waals surface area contributed by atoms with E-state index in [1.807, 2.05) is 59.2 Å². The fraction of sp³-hybridized carbons (Fsp3) is 0.440. The molecule has 0 aliphatic carbocycles. The minimum absolute atomic E-state index is 0.0584. The number of aromatic nitrogens is 2. The third-order valence-corrected chi connectivity index (χ3v) is 5.41. The van der Waals surface area contributed by atoms with Gasteiger partial charge in [-0.25, -0.2) is 4.98 Å². The van der Waals surface area contributed by atoms with Gasteiger partial charge in [-0.3, -0.25) is 9.36 Å². The Labute approximate surface area is 174 Å². The van der Waals surface area contributed by atoms with Gasteiger partial charge in [-0.15, -0.1) is 0 Å². The summed E-state index contributed by atoms with van der Waals surface area (Å²) in [4.78, 5) is 20.7. The van der Waals surface area contributed by atoms with Crippen LogP contribution < -0.4 is 5.56 Å². The summed E-state index contributed by atoms with van der Waals surface area (Å²) in [5.74, 6) is 0.767. The highest BCUT2D eigenvalue weighted by atomic mass is 16.1. The topological polar surface area (TPSA) is 38.1 Å². The Bertz CT molecular complexity index is 941. The largest absolute Gasteiger partial charge is 0.303 e. The van der Waals surface area contributed by atoms with Gasteiger partial charge in [-0.05, 0) is 51.0 Å². The number of benzene rings is 2. The molecule has 0 saturated carbocycles. The van der Waals surface area contributed by atoms with Crippen LogP contribution in [-0.4, -0.2) is 34.1 Å². The van der Waals surface area contributed by atoms with Crippen LogP contribution in [0.3, 0.4) is 0 Å². The Morgan fingerprint density at radius 2 is 1.45 bits per heavy atom. The van der Waals surface area contributed by atoms with E-state index in [1.165, 1.54) is 25.7 Å². The number of fused-ring (bicyclic) bond motifs is 1. The van der Waals surface area contributed by atoms with Crippen LogP contribution in [0.2, 0.25) is 0 Å². The molecule has 0 atom stereocenters. The van der Waals surface area contributed by atoms with Crippen molar-refractivity contribution in [2.75, 3.05) is 19.6 Å². The fourth-order valence-corrected chi connectivity index (χ4v) is 3.73. The fourth-order valence-electron chi connectivity index (χ4n) is 3.73. The minimum Gasteiger partial charge on any atom is -0.303 e. The van der Waals surface area contributed by atoms with Crippen LogP contribution in [0, 0.1) is 0 Å². The molecule has 0 aliphatic heterocycles. The van der Waals surface area contributed by atoms with Crippen molar-refractivity contribution in [1.29, 1.82) is 0 Å². The number of para-hydroxylation sites is 1. The molecule has 2 aromatic carbocycles. The van der Waals surface area contributed by atoms with Crippen molar-refractivity contribution in [3.63, 3.8) is 0 Å². The lowest BCUT2D eigenvalue weighted by atomic mass is 10.1. The van der Waals surface area contributed by atoms with Gasteiger partial charge in [0.2, 0.25) is 0 Å². The van der Waals surface area contributed by atoms with Gasteiger partial charge in [0.15, 0.2) is 0 Å². The molecule has 4 heteroatoms. The maximum atomic E-state index is 13.3. The zero-order valence-corrected chi connectivity index (χ0v) is 17.8. The molecular weight excluding hydrogens is 358 g/mol. The maximum Gasteiger partial charge on any atom is 0.261 e. The normalized spacial score (nSPS) is 11.4. The standard InChI is InChI=1S/C25H33N3O/c1-3-5-17-27(18-6-4-2)19-12-20-28-24(21-13-8-7-9-14-21)26-23-16-11-10-15-22(23)25(28)29/h7-11,13-16H,3-6,12,17-20H2,1-2H3. The molecule has 0 spiro atoms. The lowest BCUT2D eigenvalue weighted by molar-refractivity contribution is 0.257. The third kappa shape index (κ3) is 5.54. The van der Waals surface area contributed by atoms with Gasteiger partial charge >= 0.3 is 0 Å². The molecule has 0 N–H and O–H groups in total. The Hall–Kier alpha value is -2.46. The Balaban J connectivity index is 1.85. The van der Waals surface area contributed by atoms with E-state index >= 15 is 0 Å². The molecule has 1 aromatic heterocycles. The number of nitrogens with zero attached hydrogens (tertiary/aromatic N) is 3. The van der Waals surface area contributed by atoms with E-state index in [-0.39, 0.29) is 5.56 Å². The molecule has 0 radical (unpaired) electrons. The number of hydrogen-bond donors (Lipinski definition) is 0. The molecule has 154 valence electrons. The summed E-state index contributed by atoms with van der Waals surface area (Å²) in [5, 5.41) is 0.695. The molecule has 3 aromatic rings. The molecule has 1 heterocycles. The third-order valence-electron chi connectivity index (χ3n) is 5.41. The zero-order valence-electron chi connectivity index (χ0n) is 17.8. The number of rotatable bonds is 11. The van der Waals surface area contributed by atoms with Crippen molar-refractivity contribution >= 4 is 10.9 Å². The molecule has 0 amide bonds. The first-order chi connectivity index (χ1) is 14.2. The van der Waals surface area contributed by atoms with Gasteiger partial charge in [0.1, 0.15) is 5.82 Å². The lowest BCUT2D eigenvalue weighted by Crippen LogP contribution is -2.30. The molecule has 0 bridgehead atoms. The molecular formula is C25H33N3O. The zero-order chi connectivity index (χ0) is 20.5. The van der Waals surface area contributed by atoms with Crippen LogP contribution in [0.5, 0.6) is 0 Å². The summed E-state index contributed by atoms with van der Waals surface area (Å²) in [7, 11) is 0. The molecule has 0 fully saturated rings. The van der Waals surface area contributed by atoms with Crippen LogP contribution in [0.4, 0.5) is 0 Å². The van der Waals surface area contributed by atoms with E-state index in [0.717, 1.165) is 43.0 Å². The number of unbranched alkanes of at least 4 members (excludes halogenated alkanes) is 2. The molecule has 29 heavy (non-hydrogen) atoms. The first-order valence-electron chi connectivity index (χ1n) is 11.0. The predicted molar refractivity (Wildman–Crippen MR) is 122 cm³/mol. The maximum absolute atomic E-state index is 13.3.